The minimum atomic E-state index is 0.457. The number of nitrogens with one attached hydrogen (secondary N) is 1. The molecular weight excluding hydrogens is 246 g/mol. The molecular formula is C17H17N3. The number of nitriles is 1. The second-order valence-electron chi connectivity index (χ2n) is 5.21. The Balaban J connectivity index is 1.68. The number of benzene rings is 1. The summed E-state index contributed by atoms with van der Waals surface area (Å²) < 4.78 is 0. The van der Waals surface area contributed by atoms with Gasteiger partial charge >= 0.3 is 0 Å². The fourth-order valence-corrected chi connectivity index (χ4v) is 2.87. The van der Waals surface area contributed by atoms with Crippen LogP contribution in [0.4, 0.5) is 5.69 Å². The number of hydrogen-bond donors (Lipinski definition) is 1. The molecule has 0 saturated heterocycles. The van der Waals surface area contributed by atoms with Gasteiger partial charge in [0.1, 0.15) is 11.8 Å². The van der Waals surface area contributed by atoms with Crippen LogP contribution in [0.3, 0.4) is 0 Å². The quantitative estimate of drug-likeness (QED) is 0.922. The van der Waals surface area contributed by atoms with Gasteiger partial charge in [0.2, 0.25) is 0 Å². The second kappa shape index (κ2) is 5.75. The molecule has 3 heteroatoms. The number of anilines is 1. The van der Waals surface area contributed by atoms with Gasteiger partial charge in [-0.1, -0.05) is 24.3 Å². The molecule has 0 saturated carbocycles. The maximum absolute atomic E-state index is 8.74. The standard InChI is InChI=1S/C17H17N3/c18-10-15-8-9-16(12-20-15)19-11-14-6-3-5-13-4-1-2-7-17(13)14/h1-2,4,7-9,12,14,19H,3,5-6,11H2. The van der Waals surface area contributed by atoms with E-state index in [1.807, 2.05) is 12.1 Å². The Hall–Kier alpha value is -2.34. The van der Waals surface area contributed by atoms with Crippen LogP contribution in [0, 0.1) is 11.3 Å². The average molecular weight is 263 g/mol. The topological polar surface area (TPSA) is 48.7 Å². The van der Waals surface area contributed by atoms with Crippen molar-refractivity contribution in [3.63, 3.8) is 0 Å². The molecule has 1 aromatic heterocycles. The van der Waals surface area contributed by atoms with Gasteiger partial charge in [-0.15, -0.1) is 0 Å². The molecule has 20 heavy (non-hydrogen) atoms. The molecule has 2 aromatic rings. The van der Waals surface area contributed by atoms with E-state index in [9.17, 15) is 0 Å². The molecule has 1 aromatic carbocycles. The number of aromatic nitrogens is 1. The summed E-state index contributed by atoms with van der Waals surface area (Å²) >= 11 is 0. The van der Waals surface area contributed by atoms with Crippen LogP contribution >= 0.6 is 0 Å². The Morgan fingerprint density at radius 2 is 2.15 bits per heavy atom. The summed E-state index contributed by atoms with van der Waals surface area (Å²) in [7, 11) is 0. The number of hydrogen-bond acceptors (Lipinski definition) is 3. The first-order valence-corrected chi connectivity index (χ1v) is 7.04. The lowest BCUT2D eigenvalue weighted by Gasteiger charge is -2.26. The summed E-state index contributed by atoms with van der Waals surface area (Å²) in [5.74, 6) is 0.565. The van der Waals surface area contributed by atoms with Crippen molar-refractivity contribution in [1.82, 2.24) is 4.98 Å². The van der Waals surface area contributed by atoms with E-state index in [0.717, 1.165) is 12.2 Å². The molecule has 1 aliphatic rings. The number of rotatable bonds is 3. The van der Waals surface area contributed by atoms with Crippen molar-refractivity contribution < 1.29 is 0 Å². The van der Waals surface area contributed by atoms with Crippen molar-refractivity contribution in [3.8, 4) is 6.07 Å². The predicted molar refractivity (Wildman–Crippen MR) is 79.6 cm³/mol. The number of pyridine rings is 1. The van der Waals surface area contributed by atoms with Crippen LogP contribution in [-0.4, -0.2) is 11.5 Å². The molecule has 0 aliphatic heterocycles. The Morgan fingerprint density at radius 3 is 2.95 bits per heavy atom. The monoisotopic (exact) mass is 263 g/mol. The first-order valence-electron chi connectivity index (χ1n) is 7.04. The summed E-state index contributed by atoms with van der Waals surface area (Å²) in [6, 6.07) is 14.4. The van der Waals surface area contributed by atoms with E-state index in [1.54, 1.807) is 12.3 Å². The third-order valence-corrected chi connectivity index (χ3v) is 3.92. The van der Waals surface area contributed by atoms with E-state index in [0.29, 0.717) is 11.6 Å². The van der Waals surface area contributed by atoms with E-state index in [1.165, 1.54) is 30.4 Å². The highest BCUT2D eigenvalue weighted by molar-refractivity contribution is 5.44. The molecule has 0 fully saturated rings. The summed E-state index contributed by atoms with van der Waals surface area (Å²) in [5.41, 5.74) is 4.40. The average Bonchev–Trinajstić information content (AvgIpc) is 2.53. The van der Waals surface area contributed by atoms with Crippen LogP contribution in [0.2, 0.25) is 0 Å². The van der Waals surface area contributed by atoms with E-state index in [2.05, 4.69) is 34.6 Å². The molecule has 100 valence electrons. The Morgan fingerprint density at radius 1 is 1.25 bits per heavy atom. The summed E-state index contributed by atoms with van der Waals surface area (Å²) in [4.78, 5) is 4.08. The number of fused-ring (bicyclic) bond motifs is 1. The molecule has 3 rings (SSSR count). The van der Waals surface area contributed by atoms with Crippen LogP contribution in [0.1, 0.15) is 35.6 Å². The second-order valence-corrected chi connectivity index (χ2v) is 5.21. The van der Waals surface area contributed by atoms with Crippen molar-refractivity contribution in [3.05, 3.63) is 59.4 Å². The van der Waals surface area contributed by atoms with Gasteiger partial charge in [-0.3, -0.25) is 0 Å². The van der Waals surface area contributed by atoms with Gasteiger partial charge in [-0.2, -0.15) is 5.26 Å². The van der Waals surface area contributed by atoms with Gasteiger partial charge in [0, 0.05) is 12.5 Å². The molecule has 1 N–H and O–H groups in total. The number of aryl methyl sites for hydroxylation is 1. The molecule has 1 aliphatic carbocycles. The van der Waals surface area contributed by atoms with Crippen molar-refractivity contribution in [2.45, 2.75) is 25.2 Å². The lowest BCUT2D eigenvalue weighted by Crippen LogP contribution is -2.18. The maximum Gasteiger partial charge on any atom is 0.140 e. The maximum atomic E-state index is 8.74. The minimum absolute atomic E-state index is 0.457. The molecule has 0 bridgehead atoms. The normalized spacial score (nSPS) is 17.1. The van der Waals surface area contributed by atoms with Crippen LogP contribution in [-0.2, 0) is 6.42 Å². The molecule has 0 spiro atoms. The first-order chi connectivity index (χ1) is 9.86. The van der Waals surface area contributed by atoms with Crippen LogP contribution < -0.4 is 5.32 Å². The molecule has 1 unspecified atom stereocenters. The van der Waals surface area contributed by atoms with Crippen molar-refractivity contribution >= 4 is 5.69 Å². The fourth-order valence-electron chi connectivity index (χ4n) is 2.87. The Bertz CT molecular complexity index is 625. The largest absolute Gasteiger partial charge is 0.383 e. The third kappa shape index (κ3) is 2.65. The molecule has 0 amide bonds. The van der Waals surface area contributed by atoms with E-state index < -0.39 is 0 Å². The zero-order valence-corrected chi connectivity index (χ0v) is 11.3. The van der Waals surface area contributed by atoms with E-state index >= 15 is 0 Å². The first kappa shape index (κ1) is 12.7. The number of nitrogens with zero attached hydrogens (tertiary/aromatic N) is 2. The van der Waals surface area contributed by atoms with Gasteiger partial charge in [0.15, 0.2) is 0 Å². The summed E-state index contributed by atoms with van der Waals surface area (Å²) in [6.45, 7) is 0.921. The van der Waals surface area contributed by atoms with Crippen molar-refractivity contribution in [2.75, 3.05) is 11.9 Å². The Kier molecular flexibility index (Phi) is 3.64. The van der Waals surface area contributed by atoms with E-state index in [4.69, 9.17) is 5.26 Å². The molecule has 3 nitrogen and oxygen atoms in total. The highest BCUT2D eigenvalue weighted by atomic mass is 14.9. The van der Waals surface area contributed by atoms with Crippen LogP contribution in [0.25, 0.3) is 0 Å². The van der Waals surface area contributed by atoms with E-state index in [-0.39, 0.29) is 0 Å². The predicted octanol–water partition coefficient (Wildman–Crippen LogP) is 3.49. The lowest BCUT2D eigenvalue weighted by molar-refractivity contribution is 0.571. The third-order valence-electron chi connectivity index (χ3n) is 3.92. The highest BCUT2D eigenvalue weighted by Crippen LogP contribution is 2.31. The zero-order valence-electron chi connectivity index (χ0n) is 11.3. The van der Waals surface area contributed by atoms with Crippen LogP contribution in [0.15, 0.2) is 42.6 Å². The van der Waals surface area contributed by atoms with Gasteiger partial charge in [0.25, 0.3) is 0 Å². The van der Waals surface area contributed by atoms with Gasteiger partial charge < -0.3 is 5.32 Å². The van der Waals surface area contributed by atoms with Gasteiger partial charge in [0.05, 0.1) is 11.9 Å². The SMILES string of the molecule is N#Cc1ccc(NCC2CCCc3ccccc32)cn1. The minimum Gasteiger partial charge on any atom is -0.383 e. The van der Waals surface area contributed by atoms with Crippen molar-refractivity contribution in [2.24, 2.45) is 0 Å². The molecule has 1 atom stereocenters. The highest BCUT2D eigenvalue weighted by Gasteiger charge is 2.19. The smallest absolute Gasteiger partial charge is 0.140 e. The molecule has 0 radical (unpaired) electrons. The Labute approximate surface area is 119 Å². The zero-order chi connectivity index (χ0) is 13.8. The summed E-state index contributed by atoms with van der Waals surface area (Å²) in [5, 5.41) is 12.2. The lowest BCUT2D eigenvalue weighted by atomic mass is 9.83. The van der Waals surface area contributed by atoms with Crippen LogP contribution in [0.5, 0.6) is 0 Å². The van der Waals surface area contributed by atoms with Gasteiger partial charge in [-0.25, -0.2) is 4.98 Å². The van der Waals surface area contributed by atoms with Crippen molar-refractivity contribution in [1.29, 1.82) is 5.26 Å². The molecule has 1 heterocycles. The summed E-state index contributed by atoms with van der Waals surface area (Å²) in [6.07, 6.45) is 5.42. The van der Waals surface area contributed by atoms with Gasteiger partial charge in [-0.05, 0) is 42.5 Å². The fraction of sp³-hybridized carbons (Fsp3) is 0.294.